The largest absolute Gasteiger partial charge is 0.456 e. The summed E-state index contributed by atoms with van der Waals surface area (Å²) in [4.78, 5) is 0. The maximum absolute atomic E-state index is 6.04. The number of hydrogen-bond acceptors (Lipinski definition) is 1. The van der Waals surface area contributed by atoms with Crippen LogP contribution in [-0.2, 0) is 6.42 Å². The van der Waals surface area contributed by atoms with Crippen LogP contribution in [0.1, 0.15) is 11.1 Å². The van der Waals surface area contributed by atoms with E-state index >= 15 is 0 Å². The molecule has 0 N–H and O–H groups in total. The van der Waals surface area contributed by atoms with E-state index in [-0.39, 0.29) is 0 Å². The molecule has 0 saturated heterocycles. The van der Waals surface area contributed by atoms with Gasteiger partial charge in [0, 0.05) is 27.2 Å². The molecule has 210 valence electrons. The van der Waals surface area contributed by atoms with Crippen LogP contribution >= 0.6 is 0 Å². The van der Waals surface area contributed by atoms with Crippen LogP contribution in [0.4, 0.5) is 0 Å². The smallest absolute Gasteiger partial charge is 0.135 e. The lowest BCUT2D eigenvalue weighted by atomic mass is 9.99. The average molecular weight is 574 g/mol. The van der Waals surface area contributed by atoms with Gasteiger partial charge < -0.3 is 8.98 Å². The second-order valence-corrected chi connectivity index (χ2v) is 12.1. The molecular weight excluding hydrogens is 546 g/mol. The van der Waals surface area contributed by atoms with E-state index in [0.29, 0.717) is 0 Å². The van der Waals surface area contributed by atoms with E-state index in [9.17, 15) is 0 Å². The minimum absolute atomic E-state index is 0.925. The third-order valence-corrected chi connectivity index (χ3v) is 9.64. The summed E-state index contributed by atoms with van der Waals surface area (Å²) in [6, 6.07) is 55.1. The van der Waals surface area contributed by atoms with Crippen LogP contribution < -0.4 is 0 Å². The lowest BCUT2D eigenvalue weighted by Gasteiger charge is -2.11. The fourth-order valence-electron chi connectivity index (χ4n) is 7.44. The van der Waals surface area contributed by atoms with Crippen LogP contribution in [0.15, 0.2) is 156 Å². The topological polar surface area (TPSA) is 18.1 Å². The molecule has 0 fully saturated rings. The highest BCUT2D eigenvalue weighted by atomic mass is 16.3. The van der Waals surface area contributed by atoms with Gasteiger partial charge in [-0.15, -0.1) is 0 Å². The minimum atomic E-state index is 0.925. The minimum Gasteiger partial charge on any atom is -0.456 e. The lowest BCUT2D eigenvalue weighted by Crippen LogP contribution is -1.94. The zero-order chi connectivity index (χ0) is 29.5. The van der Waals surface area contributed by atoms with Gasteiger partial charge in [-0.1, -0.05) is 103 Å². The number of rotatable bonds is 3. The second kappa shape index (κ2) is 9.32. The van der Waals surface area contributed by atoms with Crippen molar-refractivity contribution >= 4 is 43.7 Å². The van der Waals surface area contributed by atoms with Gasteiger partial charge in [0.25, 0.3) is 0 Å². The Balaban J connectivity index is 1.02. The molecule has 10 rings (SSSR count). The molecule has 0 amide bonds. The summed E-state index contributed by atoms with van der Waals surface area (Å²) in [5.74, 6) is 0. The van der Waals surface area contributed by atoms with Crippen molar-refractivity contribution in [3.8, 4) is 39.1 Å². The van der Waals surface area contributed by atoms with Crippen molar-refractivity contribution in [2.45, 2.75) is 6.42 Å². The van der Waals surface area contributed by atoms with Crippen molar-refractivity contribution in [1.29, 1.82) is 0 Å². The molecule has 0 atom stereocenters. The molecule has 2 heteroatoms. The molecule has 1 aliphatic rings. The Hall–Kier alpha value is -5.86. The fourth-order valence-corrected chi connectivity index (χ4v) is 7.44. The normalized spacial score (nSPS) is 12.4. The first kappa shape index (κ1) is 24.6. The van der Waals surface area contributed by atoms with Gasteiger partial charge in [0.15, 0.2) is 0 Å². The van der Waals surface area contributed by atoms with Crippen LogP contribution in [0.2, 0.25) is 0 Å². The van der Waals surface area contributed by atoms with Gasteiger partial charge in [0.1, 0.15) is 11.2 Å². The Labute approximate surface area is 260 Å². The molecule has 7 aromatic carbocycles. The van der Waals surface area contributed by atoms with Crippen LogP contribution in [0.25, 0.3) is 82.8 Å². The highest BCUT2D eigenvalue weighted by Gasteiger charge is 2.22. The molecular formula is C43H27NO. The molecule has 1 aliphatic carbocycles. The van der Waals surface area contributed by atoms with Crippen molar-refractivity contribution in [3.05, 3.63) is 163 Å². The highest BCUT2D eigenvalue weighted by molar-refractivity contribution is 6.11. The molecule has 2 heterocycles. The van der Waals surface area contributed by atoms with Crippen molar-refractivity contribution < 1.29 is 4.42 Å². The van der Waals surface area contributed by atoms with E-state index in [1.54, 1.807) is 0 Å². The summed E-state index contributed by atoms with van der Waals surface area (Å²) in [5.41, 5.74) is 15.9. The van der Waals surface area contributed by atoms with E-state index in [1.807, 2.05) is 12.1 Å². The van der Waals surface area contributed by atoms with Crippen LogP contribution in [0, 0.1) is 0 Å². The highest BCUT2D eigenvalue weighted by Crippen LogP contribution is 2.42. The van der Waals surface area contributed by atoms with Crippen molar-refractivity contribution in [2.75, 3.05) is 0 Å². The number of para-hydroxylation sites is 2. The summed E-state index contributed by atoms with van der Waals surface area (Å²) < 4.78 is 8.46. The Morgan fingerprint density at radius 1 is 0.400 bits per heavy atom. The van der Waals surface area contributed by atoms with Crippen molar-refractivity contribution in [2.24, 2.45) is 0 Å². The molecule has 9 aromatic rings. The zero-order valence-electron chi connectivity index (χ0n) is 24.5. The fraction of sp³-hybridized carbons (Fsp3) is 0.0233. The van der Waals surface area contributed by atoms with Crippen LogP contribution in [0.5, 0.6) is 0 Å². The van der Waals surface area contributed by atoms with E-state index < -0.39 is 0 Å². The quantitative estimate of drug-likeness (QED) is 0.206. The van der Waals surface area contributed by atoms with Crippen molar-refractivity contribution in [1.82, 2.24) is 4.57 Å². The molecule has 0 radical (unpaired) electrons. The Bertz CT molecular complexity index is 2600. The Kier molecular flexibility index (Phi) is 5.09. The molecule has 0 aliphatic heterocycles. The van der Waals surface area contributed by atoms with Crippen LogP contribution in [-0.4, -0.2) is 4.57 Å². The lowest BCUT2D eigenvalue weighted by molar-refractivity contribution is 0.669. The average Bonchev–Trinajstić information content (AvgIpc) is 3.76. The molecule has 2 aromatic heterocycles. The van der Waals surface area contributed by atoms with Gasteiger partial charge >= 0.3 is 0 Å². The molecule has 2 nitrogen and oxygen atoms in total. The van der Waals surface area contributed by atoms with Gasteiger partial charge in [-0.2, -0.15) is 0 Å². The zero-order valence-corrected chi connectivity index (χ0v) is 24.5. The molecule has 0 saturated carbocycles. The first-order valence-corrected chi connectivity index (χ1v) is 15.6. The van der Waals surface area contributed by atoms with Gasteiger partial charge in [0.05, 0.1) is 11.0 Å². The third kappa shape index (κ3) is 3.69. The maximum atomic E-state index is 6.04. The number of furan rings is 1. The summed E-state index contributed by atoms with van der Waals surface area (Å²) in [6.07, 6.45) is 0.991. The monoisotopic (exact) mass is 573 g/mol. The number of nitrogens with zero attached hydrogens (tertiary/aromatic N) is 1. The molecule has 0 bridgehead atoms. The van der Waals surface area contributed by atoms with Gasteiger partial charge in [-0.05, 0) is 99.5 Å². The summed E-state index contributed by atoms with van der Waals surface area (Å²) in [5, 5.41) is 4.91. The summed E-state index contributed by atoms with van der Waals surface area (Å²) in [7, 11) is 0. The number of hydrogen-bond donors (Lipinski definition) is 0. The van der Waals surface area contributed by atoms with E-state index in [2.05, 4.69) is 144 Å². The van der Waals surface area contributed by atoms with E-state index in [0.717, 1.165) is 28.4 Å². The van der Waals surface area contributed by atoms with E-state index in [1.165, 1.54) is 72.0 Å². The number of aromatic nitrogens is 1. The molecule has 45 heavy (non-hydrogen) atoms. The van der Waals surface area contributed by atoms with Gasteiger partial charge in [0.2, 0.25) is 0 Å². The molecule has 0 spiro atoms. The van der Waals surface area contributed by atoms with E-state index in [4.69, 9.17) is 4.42 Å². The number of benzene rings is 7. The predicted octanol–water partition coefficient (Wildman–Crippen LogP) is 11.6. The Morgan fingerprint density at radius 2 is 1.04 bits per heavy atom. The third-order valence-electron chi connectivity index (χ3n) is 9.64. The standard InChI is InChI=1S/C43H27NO/c1-2-8-34-31(7-1)23-32-25-41-38(26-37(32)34)35-9-3-5-11-40(35)44(41)33-20-17-28(18-21-33)27-13-15-29(16-14-27)30-19-22-43-39(24-30)36-10-4-6-12-42(36)45-43/h1-22,24-26H,23H2. The molecule has 0 unspecified atom stereocenters. The first-order valence-electron chi connectivity index (χ1n) is 15.6. The van der Waals surface area contributed by atoms with Gasteiger partial charge in [-0.3, -0.25) is 0 Å². The first-order chi connectivity index (χ1) is 22.3. The summed E-state index contributed by atoms with van der Waals surface area (Å²) in [6.45, 7) is 0. The van der Waals surface area contributed by atoms with Crippen molar-refractivity contribution in [3.63, 3.8) is 0 Å². The predicted molar refractivity (Wildman–Crippen MR) is 187 cm³/mol. The van der Waals surface area contributed by atoms with Crippen LogP contribution in [0.3, 0.4) is 0 Å². The second-order valence-electron chi connectivity index (χ2n) is 12.1. The SMILES string of the molecule is c1ccc2c(c1)Cc1cc3c(cc1-2)c1ccccc1n3-c1ccc(-c2ccc(-c3ccc4oc5ccccc5c4c3)cc2)cc1. The van der Waals surface area contributed by atoms with Gasteiger partial charge in [-0.25, -0.2) is 0 Å². The Morgan fingerprint density at radius 3 is 1.89 bits per heavy atom. The summed E-state index contributed by atoms with van der Waals surface area (Å²) >= 11 is 0. The number of fused-ring (bicyclic) bond motifs is 9. The maximum Gasteiger partial charge on any atom is 0.135 e.